The van der Waals surface area contributed by atoms with Crippen molar-refractivity contribution in [3.8, 4) is 0 Å². The van der Waals surface area contributed by atoms with Gasteiger partial charge in [0.25, 0.3) is 17.5 Å². The van der Waals surface area contributed by atoms with Crippen LogP contribution in [0.15, 0.2) is 47.7 Å². The normalized spacial score (nSPS) is 26.1. The fourth-order valence-corrected chi connectivity index (χ4v) is 6.38. The highest BCUT2D eigenvalue weighted by Crippen LogP contribution is 2.41. The number of halogens is 2. The first-order valence-corrected chi connectivity index (χ1v) is 14.3. The van der Waals surface area contributed by atoms with E-state index in [2.05, 4.69) is 5.32 Å². The summed E-state index contributed by atoms with van der Waals surface area (Å²) < 4.78 is 6.12. The zero-order chi connectivity index (χ0) is 29.2. The minimum Gasteiger partial charge on any atom is -0.456 e. The molecule has 0 radical (unpaired) electrons. The Morgan fingerprint density at radius 2 is 2.02 bits per heavy atom. The monoisotopic (exact) mass is 612 g/mol. The predicted octanol–water partition coefficient (Wildman–Crippen LogP) is 1.60. The second-order valence-corrected chi connectivity index (χ2v) is 12.3. The van der Waals surface area contributed by atoms with E-state index < -0.39 is 39.0 Å². The molecule has 2 unspecified atom stereocenters. The number of non-ortho nitro benzene ring substituents is 1. The third-order valence-electron chi connectivity index (χ3n) is 7.15. The summed E-state index contributed by atoms with van der Waals surface area (Å²) >= 11 is 12.6. The first kappa shape index (κ1) is 29.8. The van der Waals surface area contributed by atoms with Crippen molar-refractivity contribution in [3.63, 3.8) is 0 Å². The molecule has 15 heteroatoms. The SMILES string of the molecule is C[N+]1(CC=CC2=C(C(=O)OCc3ccc([N+](=O)[O-])cc3)N3C(=O)[C@@H](NC(=O)C(Cl)Cl)[C@@H]3SC2)CCC(C(N)=O)C1. The van der Waals surface area contributed by atoms with E-state index in [9.17, 15) is 29.3 Å². The molecule has 12 nitrogen and oxygen atoms in total. The Morgan fingerprint density at radius 3 is 2.62 bits per heavy atom. The summed E-state index contributed by atoms with van der Waals surface area (Å²) in [6.45, 7) is 1.83. The molecule has 4 atom stereocenters. The van der Waals surface area contributed by atoms with Gasteiger partial charge in [0.2, 0.25) is 5.91 Å². The molecule has 4 rings (SSSR count). The maximum atomic E-state index is 13.3. The minimum atomic E-state index is -1.35. The van der Waals surface area contributed by atoms with Crippen LogP contribution in [0, 0.1) is 16.0 Å². The minimum absolute atomic E-state index is 0.0600. The number of nitrogens with one attached hydrogen (secondary N) is 1. The number of allylic oxidation sites excluding steroid dienone is 1. The van der Waals surface area contributed by atoms with Crippen LogP contribution >= 0.6 is 35.0 Å². The summed E-state index contributed by atoms with van der Waals surface area (Å²) in [6.07, 6.45) is 4.39. The van der Waals surface area contributed by atoms with Crippen LogP contribution in [-0.2, 0) is 30.5 Å². The van der Waals surface area contributed by atoms with Gasteiger partial charge in [0.15, 0.2) is 4.84 Å². The molecule has 3 aliphatic rings. The molecule has 214 valence electrons. The molecule has 2 fully saturated rings. The van der Waals surface area contributed by atoms with Crippen LogP contribution in [0.4, 0.5) is 5.69 Å². The fourth-order valence-electron chi connectivity index (χ4n) is 4.94. The molecule has 2 saturated heterocycles. The molecule has 3 heterocycles. The lowest BCUT2D eigenvalue weighted by molar-refractivity contribution is -0.892. The lowest BCUT2D eigenvalue weighted by Gasteiger charge is -2.49. The second-order valence-electron chi connectivity index (χ2n) is 10.1. The number of nitrogens with two attached hydrogens (primary N) is 1. The predicted molar refractivity (Wildman–Crippen MR) is 148 cm³/mol. The van der Waals surface area contributed by atoms with Crippen molar-refractivity contribution < 1.29 is 33.3 Å². The number of benzene rings is 1. The van der Waals surface area contributed by atoms with Gasteiger partial charge in [-0.05, 0) is 29.3 Å². The number of fused-ring (bicyclic) bond motifs is 1. The molecule has 3 N–H and O–H groups in total. The molecule has 0 spiro atoms. The molecule has 0 aromatic heterocycles. The molecule has 0 bridgehead atoms. The van der Waals surface area contributed by atoms with Crippen LogP contribution in [0.3, 0.4) is 0 Å². The number of alkyl halides is 2. The molecular formula is C25H28Cl2N5O7S+. The third kappa shape index (κ3) is 6.43. The van der Waals surface area contributed by atoms with E-state index in [1.165, 1.54) is 40.9 Å². The van der Waals surface area contributed by atoms with E-state index >= 15 is 0 Å². The molecule has 40 heavy (non-hydrogen) atoms. The molecular weight excluding hydrogens is 585 g/mol. The first-order chi connectivity index (χ1) is 18.9. The maximum absolute atomic E-state index is 13.3. The van der Waals surface area contributed by atoms with Gasteiger partial charge in [-0.3, -0.25) is 29.4 Å². The van der Waals surface area contributed by atoms with E-state index in [4.69, 9.17) is 33.7 Å². The van der Waals surface area contributed by atoms with Crippen molar-refractivity contribution in [2.75, 3.05) is 32.4 Å². The van der Waals surface area contributed by atoms with E-state index in [-0.39, 0.29) is 29.8 Å². The van der Waals surface area contributed by atoms with Crippen LogP contribution in [0.25, 0.3) is 0 Å². The third-order valence-corrected chi connectivity index (χ3v) is 8.85. The molecule has 1 aromatic carbocycles. The maximum Gasteiger partial charge on any atom is 0.355 e. The van der Waals surface area contributed by atoms with Crippen LogP contribution in [-0.4, -0.2) is 86.7 Å². The number of nitro groups is 1. The van der Waals surface area contributed by atoms with Gasteiger partial charge in [0, 0.05) is 24.3 Å². The number of likely N-dealkylation sites (N-methyl/N-ethyl adjacent to an activating group) is 1. The first-order valence-electron chi connectivity index (χ1n) is 12.4. The number of β-lactam (4-membered cyclic amide) rings is 1. The Balaban J connectivity index is 1.53. The Hall–Kier alpha value is -3.13. The number of primary amides is 1. The number of amides is 3. The average Bonchev–Trinajstić information content (AvgIpc) is 3.32. The van der Waals surface area contributed by atoms with Gasteiger partial charge in [-0.2, -0.15) is 0 Å². The summed E-state index contributed by atoms with van der Waals surface area (Å²) in [4.78, 5) is 60.3. The highest BCUT2D eigenvalue weighted by atomic mass is 35.5. The summed E-state index contributed by atoms with van der Waals surface area (Å²) in [5.41, 5.74) is 6.54. The number of thioether (sulfide) groups is 1. The Labute approximate surface area is 244 Å². The largest absolute Gasteiger partial charge is 0.456 e. The molecule has 1 aromatic rings. The van der Waals surface area contributed by atoms with Crippen molar-refractivity contribution in [1.82, 2.24) is 10.2 Å². The van der Waals surface area contributed by atoms with Crippen LogP contribution < -0.4 is 11.1 Å². The number of hydrogen-bond acceptors (Lipinski definition) is 8. The van der Waals surface area contributed by atoms with Crippen molar-refractivity contribution in [3.05, 3.63) is 63.4 Å². The number of carbonyl (C=O) groups excluding carboxylic acids is 4. The van der Waals surface area contributed by atoms with Gasteiger partial charge in [-0.15, -0.1) is 11.8 Å². The number of hydrogen-bond donors (Lipinski definition) is 2. The molecule has 3 amide bonds. The van der Waals surface area contributed by atoms with Crippen LogP contribution in [0.5, 0.6) is 0 Å². The summed E-state index contributed by atoms with van der Waals surface area (Å²) in [5, 5.41) is 12.9. The highest BCUT2D eigenvalue weighted by Gasteiger charge is 2.54. The quantitative estimate of drug-likeness (QED) is 0.100. The summed E-state index contributed by atoms with van der Waals surface area (Å²) in [6, 6.07) is 4.67. The lowest BCUT2D eigenvalue weighted by Crippen LogP contribution is -2.71. The van der Waals surface area contributed by atoms with Crippen LogP contribution in [0.1, 0.15) is 12.0 Å². The number of ether oxygens (including phenoxy) is 1. The van der Waals surface area contributed by atoms with Crippen molar-refractivity contribution in [2.24, 2.45) is 11.7 Å². The van der Waals surface area contributed by atoms with Crippen LogP contribution in [0.2, 0.25) is 0 Å². The number of quaternary nitrogens is 1. The van der Waals surface area contributed by atoms with Gasteiger partial charge in [-0.1, -0.05) is 29.3 Å². The van der Waals surface area contributed by atoms with Crippen molar-refractivity contribution in [1.29, 1.82) is 0 Å². The Morgan fingerprint density at radius 1 is 1.32 bits per heavy atom. The number of esters is 1. The molecule has 3 aliphatic heterocycles. The zero-order valence-corrected chi connectivity index (χ0v) is 23.8. The van der Waals surface area contributed by atoms with E-state index in [0.717, 1.165) is 6.54 Å². The zero-order valence-electron chi connectivity index (χ0n) is 21.5. The smallest absolute Gasteiger partial charge is 0.355 e. The van der Waals surface area contributed by atoms with Gasteiger partial charge in [-0.25, -0.2) is 4.79 Å². The average molecular weight is 613 g/mol. The highest BCUT2D eigenvalue weighted by molar-refractivity contribution is 8.00. The second kappa shape index (κ2) is 12.2. The fraction of sp³-hybridized carbons (Fsp3) is 0.440. The van der Waals surface area contributed by atoms with E-state index in [1.807, 2.05) is 13.1 Å². The number of carbonyl (C=O) groups is 4. The summed E-state index contributed by atoms with van der Waals surface area (Å²) in [7, 11) is 2.03. The van der Waals surface area contributed by atoms with Crippen molar-refractivity contribution >= 4 is 64.3 Å². The topological polar surface area (TPSA) is 162 Å². The standard InChI is InChI=1S/C25H27Cl2N5O7S/c1-32(10-8-15(11-32)21(28)33)9-2-3-16-13-40-24-18(29-22(34)20(26)27)23(35)30(24)19(16)25(36)39-12-14-4-6-17(7-5-14)31(37)38/h2-7,15,18,20,24H,8-13H2,1H3,(H2-,28,29,33,34)/p+1/t15?,18-,24+,32?/m1/s1. The summed E-state index contributed by atoms with van der Waals surface area (Å²) in [5.74, 6) is -2.09. The van der Waals surface area contributed by atoms with E-state index in [0.29, 0.717) is 40.9 Å². The number of rotatable bonds is 10. The number of nitro benzene ring substituents is 1. The van der Waals surface area contributed by atoms with E-state index in [1.54, 1.807) is 6.08 Å². The molecule has 0 saturated carbocycles. The number of likely N-dealkylation sites (tertiary alicyclic amines) is 1. The van der Waals surface area contributed by atoms with Gasteiger partial charge < -0.3 is 20.3 Å². The van der Waals surface area contributed by atoms with Gasteiger partial charge >= 0.3 is 5.97 Å². The van der Waals surface area contributed by atoms with Gasteiger partial charge in [0.1, 0.15) is 23.7 Å². The Bertz CT molecular complexity index is 1290. The Kier molecular flexibility index (Phi) is 9.08. The lowest BCUT2D eigenvalue weighted by atomic mass is 10.0. The van der Waals surface area contributed by atoms with Gasteiger partial charge in [0.05, 0.1) is 37.5 Å². The number of nitrogens with zero attached hydrogens (tertiary/aromatic N) is 3. The molecule has 0 aliphatic carbocycles. The van der Waals surface area contributed by atoms with Crippen molar-refractivity contribution in [2.45, 2.75) is 29.3 Å².